The van der Waals surface area contributed by atoms with Crippen molar-refractivity contribution in [3.05, 3.63) is 72.1 Å². The summed E-state index contributed by atoms with van der Waals surface area (Å²) in [5.41, 5.74) is 3.16. The first-order chi connectivity index (χ1) is 14.1. The van der Waals surface area contributed by atoms with Crippen LogP contribution in [0, 0.1) is 11.8 Å². The molecule has 0 radical (unpaired) electrons. The third kappa shape index (κ3) is 5.41. The van der Waals surface area contributed by atoms with Gasteiger partial charge in [-0.1, -0.05) is 24.1 Å². The molecule has 2 aromatic heterocycles. The maximum Gasteiger partial charge on any atom is 0.242 e. The van der Waals surface area contributed by atoms with Gasteiger partial charge >= 0.3 is 0 Å². The molecule has 1 amide bonds. The summed E-state index contributed by atoms with van der Waals surface area (Å²) in [4.78, 5) is 21.0. The molecule has 0 unspecified atom stereocenters. The van der Waals surface area contributed by atoms with E-state index in [1.54, 1.807) is 39.4 Å². The minimum Gasteiger partial charge on any atom is -0.481 e. The van der Waals surface area contributed by atoms with Crippen molar-refractivity contribution in [3.8, 4) is 28.8 Å². The molecule has 0 aliphatic carbocycles. The van der Waals surface area contributed by atoms with Gasteiger partial charge in [-0.3, -0.25) is 4.79 Å². The minimum atomic E-state index is -0.345. The summed E-state index contributed by atoms with van der Waals surface area (Å²) < 4.78 is 5.12. The molecule has 1 aromatic carbocycles. The monoisotopic (exact) mass is 386 g/mol. The largest absolute Gasteiger partial charge is 0.481 e. The molecule has 1 atom stereocenters. The van der Waals surface area contributed by atoms with Crippen molar-refractivity contribution in [1.29, 1.82) is 0 Å². The predicted octanol–water partition coefficient (Wildman–Crippen LogP) is 3.10. The van der Waals surface area contributed by atoms with E-state index in [2.05, 4.69) is 32.4 Å². The second-order valence-corrected chi connectivity index (χ2v) is 6.33. The summed E-state index contributed by atoms with van der Waals surface area (Å²) in [6.07, 6.45) is 1.71. The van der Waals surface area contributed by atoms with E-state index in [1.807, 2.05) is 42.5 Å². The van der Waals surface area contributed by atoms with Crippen molar-refractivity contribution < 1.29 is 9.53 Å². The first-order valence-corrected chi connectivity index (χ1v) is 9.16. The minimum absolute atomic E-state index is 0.174. The fraction of sp³-hybridized carbons (Fsp3) is 0.174. The number of aromatic nitrogens is 2. The first-order valence-electron chi connectivity index (χ1n) is 9.16. The van der Waals surface area contributed by atoms with Crippen LogP contribution in [0.3, 0.4) is 0 Å². The maximum atomic E-state index is 12.3. The Balaban J connectivity index is 1.99. The summed E-state index contributed by atoms with van der Waals surface area (Å²) in [6, 6.07) is 16.7. The fourth-order valence-corrected chi connectivity index (χ4v) is 2.52. The molecular formula is C23H22N4O2. The van der Waals surface area contributed by atoms with Gasteiger partial charge in [0.05, 0.1) is 13.2 Å². The molecule has 2 heterocycles. The van der Waals surface area contributed by atoms with Crippen LogP contribution in [0.5, 0.6) is 5.88 Å². The van der Waals surface area contributed by atoms with Crippen molar-refractivity contribution in [1.82, 2.24) is 15.3 Å². The molecule has 0 fully saturated rings. The van der Waals surface area contributed by atoms with Crippen LogP contribution in [-0.4, -0.2) is 36.1 Å². The Morgan fingerprint density at radius 2 is 1.86 bits per heavy atom. The number of nitrogens with zero attached hydrogens (tertiary/aromatic N) is 2. The Morgan fingerprint density at radius 1 is 1.07 bits per heavy atom. The van der Waals surface area contributed by atoms with Gasteiger partial charge in [0.25, 0.3) is 0 Å². The smallest absolute Gasteiger partial charge is 0.242 e. The second kappa shape index (κ2) is 9.49. The Labute approximate surface area is 170 Å². The molecule has 0 saturated heterocycles. The van der Waals surface area contributed by atoms with E-state index in [1.165, 1.54) is 0 Å². The number of hydrogen-bond donors (Lipinski definition) is 2. The number of amides is 1. The van der Waals surface area contributed by atoms with E-state index >= 15 is 0 Å². The SMILES string of the molecule is CN[C@H](C)C(=O)Nc1cc(-c2ccc(OC)nc2)cc(C#Cc2ccccc2)n1. The average molecular weight is 386 g/mol. The lowest BCUT2D eigenvalue weighted by atomic mass is 10.1. The second-order valence-electron chi connectivity index (χ2n) is 6.33. The highest BCUT2D eigenvalue weighted by atomic mass is 16.5. The van der Waals surface area contributed by atoms with Crippen molar-refractivity contribution in [2.24, 2.45) is 0 Å². The topological polar surface area (TPSA) is 76.1 Å². The highest BCUT2D eigenvalue weighted by Gasteiger charge is 2.12. The van der Waals surface area contributed by atoms with Gasteiger partial charge in [-0.25, -0.2) is 9.97 Å². The zero-order valence-electron chi connectivity index (χ0n) is 16.6. The molecule has 0 spiro atoms. The molecule has 6 nitrogen and oxygen atoms in total. The quantitative estimate of drug-likeness (QED) is 0.659. The molecule has 0 saturated carbocycles. The molecule has 0 aliphatic rings. The number of pyridine rings is 2. The molecule has 6 heteroatoms. The van der Waals surface area contributed by atoms with Crippen LogP contribution in [-0.2, 0) is 4.79 Å². The van der Waals surface area contributed by atoms with Crippen LogP contribution in [0.2, 0.25) is 0 Å². The van der Waals surface area contributed by atoms with Gasteiger partial charge < -0.3 is 15.4 Å². The Morgan fingerprint density at radius 3 is 2.52 bits per heavy atom. The normalized spacial score (nSPS) is 11.1. The van der Waals surface area contributed by atoms with Crippen molar-refractivity contribution in [2.75, 3.05) is 19.5 Å². The molecule has 146 valence electrons. The van der Waals surface area contributed by atoms with Crippen LogP contribution in [0.4, 0.5) is 5.82 Å². The maximum absolute atomic E-state index is 12.3. The van der Waals surface area contributed by atoms with Crippen LogP contribution in [0.25, 0.3) is 11.1 Å². The van der Waals surface area contributed by atoms with Crippen molar-refractivity contribution in [3.63, 3.8) is 0 Å². The molecule has 0 bridgehead atoms. The molecule has 2 N–H and O–H groups in total. The highest BCUT2D eigenvalue weighted by molar-refractivity contribution is 5.94. The zero-order chi connectivity index (χ0) is 20.6. The highest BCUT2D eigenvalue weighted by Crippen LogP contribution is 2.23. The molecule has 3 aromatic rings. The Kier molecular flexibility index (Phi) is 6.56. The van der Waals surface area contributed by atoms with Crippen LogP contribution in [0.15, 0.2) is 60.8 Å². The van der Waals surface area contributed by atoms with Gasteiger partial charge in [0.15, 0.2) is 0 Å². The van der Waals surface area contributed by atoms with E-state index in [0.717, 1.165) is 16.7 Å². The van der Waals surface area contributed by atoms with Gasteiger partial charge in [0.1, 0.15) is 11.5 Å². The van der Waals surface area contributed by atoms with Gasteiger partial charge in [0.2, 0.25) is 11.8 Å². The summed E-state index contributed by atoms with van der Waals surface area (Å²) >= 11 is 0. The number of anilines is 1. The molecule has 3 rings (SSSR count). The van der Waals surface area contributed by atoms with E-state index in [9.17, 15) is 4.79 Å². The number of ether oxygens (including phenoxy) is 1. The Bertz CT molecular complexity index is 1040. The lowest BCUT2D eigenvalue weighted by Crippen LogP contribution is -2.35. The molecule has 29 heavy (non-hydrogen) atoms. The Hall–Kier alpha value is -3.69. The van der Waals surface area contributed by atoms with Crippen molar-refractivity contribution >= 4 is 11.7 Å². The van der Waals surface area contributed by atoms with Crippen LogP contribution in [0.1, 0.15) is 18.2 Å². The zero-order valence-corrected chi connectivity index (χ0v) is 16.6. The van der Waals surface area contributed by atoms with E-state index in [-0.39, 0.29) is 11.9 Å². The molecule has 0 aliphatic heterocycles. The number of carbonyl (C=O) groups is 1. The number of likely N-dealkylation sites (N-methyl/N-ethyl adjacent to an activating group) is 1. The molecular weight excluding hydrogens is 364 g/mol. The van der Waals surface area contributed by atoms with Crippen molar-refractivity contribution in [2.45, 2.75) is 13.0 Å². The summed E-state index contributed by atoms with van der Waals surface area (Å²) in [5.74, 6) is 6.97. The summed E-state index contributed by atoms with van der Waals surface area (Å²) in [5, 5.41) is 5.75. The average Bonchev–Trinajstić information content (AvgIpc) is 2.77. The lowest BCUT2D eigenvalue weighted by molar-refractivity contribution is -0.117. The van der Waals surface area contributed by atoms with Crippen LogP contribution < -0.4 is 15.4 Å². The number of methoxy groups -OCH3 is 1. The van der Waals surface area contributed by atoms with Gasteiger partial charge in [-0.15, -0.1) is 0 Å². The number of hydrogen-bond acceptors (Lipinski definition) is 5. The third-order valence-corrected chi connectivity index (χ3v) is 4.29. The number of carbonyl (C=O) groups excluding carboxylic acids is 1. The number of nitrogens with one attached hydrogen (secondary N) is 2. The van der Waals surface area contributed by atoms with E-state index in [0.29, 0.717) is 17.4 Å². The van der Waals surface area contributed by atoms with Gasteiger partial charge in [0, 0.05) is 23.4 Å². The van der Waals surface area contributed by atoms with Crippen LogP contribution >= 0.6 is 0 Å². The van der Waals surface area contributed by atoms with E-state index in [4.69, 9.17) is 4.74 Å². The predicted molar refractivity (Wildman–Crippen MR) is 114 cm³/mol. The lowest BCUT2D eigenvalue weighted by Gasteiger charge is -2.12. The first kappa shape index (κ1) is 20.1. The number of benzene rings is 1. The standard InChI is InChI=1S/C23H22N4O2/c1-16(24-2)23(28)27-21-14-19(18-10-12-22(29-3)25-15-18)13-20(26-21)11-9-17-7-5-4-6-8-17/h4-8,10,12-16,24H,1-3H3,(H,26,27,28)/t16-/m1/s1. The van der Waals surface area contributed by atoms with Gasteiger partial charge in [-0.2, -0.15) is 0 Å². The third-order valence-electron chi connectivity index (χ3n) is 4.29. The fourth-order valence-electron chi connectivity index (χ4n) is 2.52. The summed E-state index contributed by atoms with van der Waals surface area (Å²) in [7, 11) is 3.30. The van der Waals surface area contributed by atoms with Gasteiger partial charge in [-0.05, 0) is 55.8 Å². The number of rotatable bonds is 5. The van der Waals surface area contributed by atoms with E-state index < -0.39 is 0 Å². The summed E-state index contributed by atoms with van der Waals surface area (Å²) in [6.45, 7) is 1.78.